The molecule has 0 aliphatic carbocycles. The predicted molar refractivity (Wildman–Crippen MR) is 89.3 cm³/mol. The molecular formula is C19H25NO. The molecule has 0 aliphatic rings. The van der Waals surface area contributed by atoms with Crippen LogP contribution in [0.5, 0.6) is 5.75 Å². The van der Waals surface area contributed by atoms with Crippen molar-refractivity contribution < 1.29 is 4.74 Å². The van der Waals surface area contributed by atoms with E-state index >= 15 is 0 Å². The van der Waals surface area contributed by atoms with Gasteiger partial charge in [0, 0.05) is 5.56 Å². The van der Waals surface area contributed by atoms with Crippen LogP contribution < -0.4 is 10.1 Å². The first-order valence-corrected chi connectivity index (χ1v) is 7.37. The van der Waals surface area contributed by atoms with Crippen LogP contribution in [0.25, 0.3) is 0 Å². The number of hydrogen-bond donors (Lipinski definition) is 1. The van der Waals surface area contributed by atoms with Gasteiger partial charge in [-0.25, -0.2) is 0 Å². The molecule has 0 heterocycles. The smallest absolute Gasteiger partial charge is 0.123 e. The zero-order valence-electron chi connectivity index (χ0n) is 13.9. The zero-order valence-corrected chi connectivity index (χ0v) is 13.9. The van der Waals surface area contributed by atoms with Gasteiger partial charge < -0.3 is 10.1 Å². The molecule has 2 rings (SSSR count). The van der Waals surface area contributed by atoms with E-state index in [-0.39, 0.29) is 6.04 Å². The molecule has 0 bridgehead atoms. The lowest BCUT2D eigenvalue weighted by molar-refractivity contribution is 0.405. The summed E-state index contributed by atoms with van der Waals surface area (Å²) in [5.41, 5.74) is 7.70. The maximum Gasteiger partial charge on any atom is 0.123 e. The summed E-state index contributed by atoms with van der Waals surface area (Å²) in [6.45, 7) is 8.61. The fraction of sp³-hybridized carbons (Fsp3) is 0.368. The van der Waals surface area contributed by atoms with E-state index in [1.807, 2.05) is 13.1 Å². The van der Waals surface area contributed by atoms with Crippen LogP contribution in [0.2, 0.25) is 0 Å². The number of methoxy groups -OCH3 is 1. The van der Waals surface area contributed by atoms with Gasteiger partial charge in [-0.1, -0.05) is 29.8 Å². The third-order valence-corrected chi connectivity index (χ3v) is 4.18. The Labute approximate surface area is 128 Å². The van der Waals surface area contributed by atoms with Gasteiger partial charge in [0.25, 0.3) is 0 Å². The first-order valence-electron chi connectivity index (χ1n) is 7.37. The monoisotopic (exact) mass is 283 g/mol. The molecule has 0 spiro atoms. The van der Waals surface area contributed by atoms with Crippen LogP contribution in [0.3, 0.4) is 0 Å². The molecule has 1 unspecified atom stereocenters. The summed E-state index contributed by atoms with van der Waals surface area (Å²) in [5, 5.41) is 3.44. The van der Waals surface area contributed by atoms with Crippen molar-refractivity contribution in [2.45, 2.75) is 33.7 Å². The summed E-state index contributed by atoms with van der Waals surface area (Å²) < 4.78 is 5.56. The normalized spacial score (nSPS) is 12.3. The molecule has 2 nitrogen and oxygen atoms in total. The van der Waals surface area contributed by atoms with Crippen LogP contribution in [-0.4, -0.2) is 14.2 Å². The second kappa shape index (κ2) is 6.31. The topological polar surface area (TPSA) is 21.3 Å². The predicted octanol–water partition coefficient (Wildman–Crippen LogP) is 4.24. The summed E-state index contributed by atoms with van der Waals surface area (Å²) in [6.07, 6.45) is 0. The van der Waals surface area contributed by atoms with Gasteiger partial charge >= 0.3 is 0 Å². The highest BCUT2D eigenvalue weighted by atomic mass is 16.5. The maximum atomic E-state index is 5.56. The molecule has 21 heavy (non-hydrogen) atoms. The average Bonchev–Trinajstić information content (AvgIpc) is 2.45. The summed E-state index contributed by atoms with van der Waals surface area (Å²) >= 11 is 0. The molecule has 0 aliphatic heterocycles. The molecule has 1 N–H and O–H groups in total. The van der Waals surface area contributed by atoms with Crippen LogP contribution in [-0.2, 0) is 0 Å². The van der Waals surface area contributed by atoms with E-state index in [0.717, 1.165) is 5.75 Å². The van der Waals surface area contributed by atoms with E-state index < -0.39 is 0 Å². The van der Waals surface area contributed by atoms with Crippen LogP contribution in [0.15, 0.2) is 30.3 Å². The summed E-state index contributed by atoms with van der Waals surface area (Å²) in [4.78, 5) is 0. The highest BCUT2D eigenvalue weighted by molar-refractivity contribution is 5.47. The van der Waals surface area contributed by atoms with Crippen molar-refractivity contribution in [2.75, 3.05) is 14.2 Å². The highest BCUT2D eigenvalue weighted by Crippen LogP contribution is 2.33. The Morgan fingerprint density at radius 3 is 2.14 bits per heavy atom. The third kappa shape index (κ3) is 3.11. The quantitative estimate of drug-likeness (QED) is 0.906. The Balaban J connectivity index is 2.59. The van der Waals surface area contributed by atoms with Crippen molar-refractivity contribution in [2.24, 2.45) is 0 Å². The minimum Gasteiger partial charge on any atom is -0.496 e. The van der Waals surface area contributed by atoms with Crippen molar-refractivity contribution >= 4 is 0 Å². The molecule has 2 aromatic carbocycles. The van der Waals surface area contributed by atoms with Crippen LogP contribution >= 0.6 is 0 Å². The first-order chi connectivity index (χ1) is 9.97. The van der Waals surface area contributed by atoms with Crippen LogP contribution in [0.4, 0.5) is 0 Å². The Morgan fingerprint density at radius 2 is 1.52 bits per heavy atom. The molecule has 112 valence electrons. The molecule has 0 radical (unpaired) electrons. The van der Waals surface area contributed by atoms with E-state index in [1.54, 1.807) is 7.11 Å². The molecule has 2 heteroatoms. The number of benzene rings is 2. The van der Waals surface area contributed by atoms with Crippen molar-refractivity contribution in [3.8, 4) is 5.75 Å². The van der Waals surface area contributed by atoms with Crippen LogP contribution in [0.1, 0.15) is 39.4 Å². The minimum atomic E-state index is 0.138. The molecular weight excluding hydrogens is 258 g/mol. The molecule has 0 fully saturated rings. The lowest BCUT2D eigenvalue weighted by Gasteiger charge is -2.23. The fourth-order valence-electron chi connectivity index (χ4n) is 2.85. The van der Waals surface area contributed by atoms with E-state index in [1.165, 1.54) is 33.4 Å². The first kappa shape index (κ1) is 15.6. The summed E-state index contributed by atoms with van der Waals surface area (Å²) in [6, 6.07) is 11.0. The van der Waals surface area contributed by atoms with Crippen molar-refractivity contribution in [1.82, 2.24) is 5.32 Å². The Morgan fingerprint density at radius 1 is 0.857 bits per heavy atom. The number of nitrogens with one attached hydrogen (secondary N) is 1. The van der Waals surface area contributed by atoms with E-state index in [9.17, 15) is 0 Å². The minimum absolute atomic E-state index is 0.138. The molecule has 1 atom stereocenters. The van der Waals surface area contributed by atoms with Gasteiger partial charge in [-0.2, -0.15) is 0 Å². The number of aryl methyl sites for hydroxylation is 4. The largest absolute Gasteiger partial charge is 0.496 e. The van der Waals surface area contributed by atoms with Crippen molar-refractivity contribution in [3.63, 3.8) is 0 Å². The molecule has 0 amide bonds. The lowest BCUT2D eigenvalue weighted by atomic mass is 9.90. The summed E-state index contributed by atoms with van der Waals surface area (Å²) in [7, 11) is 3.73. The molecule has 0 aromatic heterocycles. The number of hydrogen-bond acceptors (Lipinski definition) is 2. The van der Waals surface area contributed by atoms with Gasteiger partial charge in [0.15, 0.2) is 0 Å². The fourth-order valence-corrected chi connectivity index (χ4v) is 2.85. The third-order valence-electron chi connectivity index (χ3n) is 4.18. The molecule has 2 aromatic rings. The molecule has 0 saturated carbocycles. The van der Waals surface area contributed by atoms with Gasteiger partial charge in [0.2, 0.25) is 0 Å². The van der Waals surface area contributed by atoms with Crippen LogP contribution in [0, 0.1) is 27.7 Å². The Hall–Kier alpha value is -1.80. The second-order valence-electron chi connectivity index (χ2n) is 5.76. The Kier molecular flexibility index (Phi) is 4.69. The number of ether oxygens (including phenoxy) is 1. The van der Waals surface area contributed by atoms with Gasteiger partial charge in [-0.05, 0) is 63.1 Å². The average molecular weight is 283 g/mol. The van der Waals surface area contributed by atoms with E-state index in [2.05, 4.69) is 57.3 Å². The van der Waals surface area contributed by atoms with E-state index in [0.29, 0.717) is 0 Å². The van der Waals surface area contributed by atoms with Crippen molar-refractivity contribution in [1.29, 1.82) is 0 Å². The molecule has 0 saturated heterocycles. The second-order valence-corrected chi connectivity index (χ2v) is 5.76. The Bertz CT molecular complexity index is 646. The highest BCUT2D eigenvalue weighted by Gasteiger charge is 2.19. The SMILES string of the molecule is CNC(c1cc(C)c(C)cc1C)c1cc(C)ccc1OC. The zero-order chi connectivity index (χ0) is 15.6. The van der Waals surface area contributed by atoms with Gasteiger partial charge in [-0.15, -0.1) is 0 Å². The van der Waals surface area contributed by atoms with E-state index in [4.69, 9.17) is 4.74 Å². The van der Waals surface area contributed by atoms with Gasteiger partial charge in [-0.3, -0.25) is 0 Å². The summed E-state index contributed by atoms with van der Waals surface area (Å²) in [5.74, 6) is 0.928. The standard InChI is InChI=1S/C19H25NO/c1-12-7-8-18(21-6)17(9-12)19(20-5)16-11-14(3)13(2)10-15(16)4/h7-11,19-20H,1-6H3. The lowest BCUT2D eigenvalue weighted by Crippen LogP contribution is -2.20. The van der Waals surface area contributed by atoms with Gasteiger partial charge in [0.1, 0.15) is 5.75 Å². The number of rotatable bonds is 4. The maximum absolute atomic E-state index is 5.56. The van der Waals surface area contributed by atoms with Crippen molar-refractivity contribution in [3.05, 3.63) is 63.7 Å². The van der Waals surface area contributed by atoms with Gasteiger partial charge in [0.05, 0.1) is 13.2 Å².